The molecule has 8 nitrogen and oxygen atoms in total. The van der Waals surface area contributed by atoms with E-state index < -0.39 is 29.2 Å². The predicted molar refractivity (Wildman–Crippen MR) is 123 cm³/mol. The Labute approximate surface area is 190 Å². The van der Waals surface area contributed by atoms with E-state index in [1.54, 1.807) is 19.1 Å². The molecule has 33 heavy (non-hydrogen) atoms. The van der Waals surface area contributed by atoms with Gasteiger partial charge in [0.25, 0.3) is 5.91 Å². The van der Waals surface area contributed by atoms with Gasteiger partial charge in [-0.2, -0.15) is 0 Å². The number of aryl methyl sites for hydroxylation is 3. The Balaban J connectivity index is 2.21. The molecule has 2 rings (SSSR count). The SMILES string of the molecule is C/N=C(\C=C/C=N)C(=O)Nc1cc(CCCc2ccc(C(=O)O)c(C)c2)c(F)cc1C(=O)O. The fraction of sp³-hybridized carbons (Fsp3) is 0.208. The van der Waals surface area contributed by atoms with E-state index in [1.807, 2.05) is 0 Å². The number of aliphatic imine (C=N–C) groups is 1. The number of amides is 1. The molecule has 0 radical (unpaired) electrons. The summed E-state index contributed by atoms with van der Waals surface area (Å²) in [5.41, 5.74) is 1.51. The van der Waals surface area contributed by atoms with Gasteiger partial charge < -0.3 is 20.9 Å². The van der Waals surface area contributed by atoms with Crippen molar-refractivity contribution in [1.82, 2.24) is 0 Å². The van der Waals surface area contributed by atoms with Crippen LogP contribution in [0.2, 0.25) is 0 Å². The lowest BCUT2D eigenvalue weighted by Crippen LogP contribution is -2.23. The third-order valence-corrected chi connectivity index (χ3v) is 4.92. The number of halogens is 1. The number of anilines is 1. The number of benzene rings is 2. The number of aromatic carboxylic acids is 2. The zero-order valence-corrected chi connectivity index (χ0v) is 18.2. The quantitative estimate of drug-likeness (QED) is 0.404. The molecule has 1 amide bonds. The van der Waals surface area contributed by atoms with Crippen LogP contribution in [-0.4, -0.2) is 47.0 Å². The van der Waals surface area contributed by atoms with Gasteiger partial charge in [-0.05, 0) is 73.2 Å². The van der Waals surface area contributed by atoms with Gasteiger partial charge in [0.05, 0.1) is 16.8 Å². The summed E-state index contributed by atoms with van der Waals surface area (Å²) in [5.74, 6) is -3.78. The molecule has 0 bridgehead atoms. The Hall–Kier alpha value is -4.14. The minimum atomic E-state index is -1.39. The minimum Gasteiger partial charge on any atom is -0.478 e. The predicted octanol–water partition coefficient (Wildman–Crippen LogP) is 3.92. The van der Waals surface area contributed by atoms with Crippen LogP contribution in [-0.2, 0) is 17.6 Å². The maximum atomic E-state index is 14.5. The van der Waals surface area contributed by atoms with Crippen LogP contribution in [0.25, 0.3) is 0 Å². The number of nitrogens with zero attached hydrogens (tertiary/aromatic N) is 1. The van der Waals surface area contributed by atoms with Gasteiger partial charge in [-0.1, -0.05) is 12.1 Å². The van der Waals surface area contributed by atoms with Gasteiger partial charge in [-0.3, -0.25) is 9.79 Å². The average Bonchev–Trinajstić information content (AvgIpc) is 2.75. The lowest BCUT2D eigenvalue weighted by atomic mass is 9.98. The molecule has 172 valence electrons. The maximum absolute atomic E-state index is 14.5. The molecule has 0 aliphatic heterocycles. The van der Waals surface area contributed by atoms with E-state index >= 15 is 0 Å². The molecule has 9 heteroatoms. The average molecular weight is 453 g/mol. The lowest BCUT2D eigenvalue weighted by Gasteiger charge is -2.12. The van der Waals surface area contributed by atoms with Gasteiger partial charge in [0.2, 0.25) is 0 Å². The van der Waals surface area contributed by atoms with Crippen LogP contribution in [0.1, 0.15) is 43.8 Å². The van der Waals surface area contributed by atoms with Crippen LogP contribution < -0.4 is 5.32 Å². The largest absolute Gasteiger partial charge is 0.478 e. The second-order valence-corrected chi connectivity index (χ2v) is 7.19. The van der Waals surface area contributed by atoms with Crippen molar-refractivity contribution in [3.63, 3.8) is 0 Å². The number of rotatable bonds is 10. The number of carbonyl (C=O) groups is 3. The number of carboxylic acids is 2. The van der Waals surface area contributed by atoms with Crippen molar-refractivity contribution in [2.24, 2.45) is 4.99 Å². The molecule has 0 spiro atoms. The van der Waals surface area contributed by atoms with Crippen molar-refractivity contribution in [2.45, 2.75) is 26.2 Å². The van der Waals surface area contributed by atoms with E-state index in [0.29, 0.717) is 18.4 Å². The molecule has 0 aliphatic rings. The van der Waals surface area contributed by atoms with Gasteiger partial charge >= 0.3 is 11.9 Å². The molecule has 2 aromatic rings. The first-order valence-corrected chi connectivity index (χ1v) is 10.0. The standard InChI is InChI=1S/C24H24FN3O5/c1-14-11-15(8-9-17(14)23(30)31)5-3-6-16-12-21(18(24(32)33)13-19(16)25)28-22(29)20(27-2)7-4-10-26/h4,7-13,26H,3,5-6H2,1-2H3,(H,28,29)(H,30,31)(H,32,33)/b7-4-,26-10?,27-20+. The van der Waals surface area contributed by atoms with Crippen molar-refractivity contribution in [2.75, 3.05) is 12.4 Å². The molecular weight excluding hydrogens is 429 g/mol. The van der Waals surface area contributed by atoms with E-state index in [9.17, 15) is 23.9 Å². The van der Waals surface area contributed by atoms with Crippen molar-refractivity contribution >= 4 is 35.5 Å². The van der Waals surface area contributed by atoms with Gasteiger partial charge in [0.1, 0.15) is 11.5 Å². The normalized spacial score (nSPS) is 11.4. The maximum Gasteiger partial charge on any atom is 0.337 e. The van der Waals surface area contributed by atoms with E-state index in [0.717, 1.165) is 17.8 Å². The van der Waals surface area contributed by atoms with Crippen LogP contribution in [0.15, 0.2) is 47.5 Å². The van der Waals surface area contributed by atoms with Gasteiger partial charge in [-0.25, -0.2) is 14.0 Å². The molecule has 0 unspecified atom stereocenters. The highest BCUT2D eigenvalue weighted by molar-refractivity contribution is 6.47. The van der Waals surface area contributed by atoms with Crippen LogP contribution in [0.3, 0.4) is 0 Å². The van der Waals surface area contributed by atoms with Gasteiger partial charge in [0, 0.05) is 13.3 Å². The molecule has 0 saturated heterocycles. The third kappa shape index (κ3) is 6.67. The molecule has 0 aliphatic carbocycles. The second-order valence-electron chi connectivity index (χ2n) is 7.19. The van der Waals surface area contributed by atoms with Crippen LogP contribution >= 0.6 is 0 Å². The van der Waals surface area contributed by atoms with E-state index in [4.69, 9.17) is 10.5 Å². The molecule has 0 fully saturated rings. The second kappa shape index (κ2) is 11.5. The molecule has 4 N–H and O–H groups in total. The third-order valence-electron chi connectivity index (χ3n) is 4.92. The zero-order chi connectivity index (χ0) is 24.5. The Bertz CT molecular complexity index is 1160. The number of hydrogen-bond acceptors (Lipinski definition) is 5. The highest BCUT2D eigenvalue weighted by Crippen LogP contribution is 2.23. The first kappa shape index (κ1) is 25.1. The minimum absolute atomic E-state index is 0.0270. The summed E-state index contributed by atoms with van der Waals surface area (Å²) in [4.78, 5) is 38.9. The Kier molecular flexibility index (Phi) is 8.73. The highest BCUT2D eigenvalue weighted by Gasteiger charge is 2.18. The fourth-order valence-electron chi connectivity index (χ4n) is 3.27. The van der Waals surface area contributed by atoms with Gasteiger partial charge in [0.15, 0.2) is 0 Å². The first-order valence-electron chi connectivity index (χ1n) is 10.0. The van der Waals surface area contributed by atoms with Crippen LogP contribution in [0, 0.1) is 18.2 Å². The summed E-state index contributed by atoms with van der Waals surface area (Å²) in [6.07, 6.45) is 4.91. The summed E-state index contributed by atoms with van der Waals surface area (Å²) in [5, 5.41) is 28.0. The Morgan fingerprint density at radius 2 is 1.79 bits per heavy atom. The molecule has 2 aromatic carbocycles. The molecular formula is C24H24FN3O5. The summed E-state index contributed by atoms with van der Waals surface area (Å²) < 4.78 is 14.5. The summed E-state index contributed by atoms with van der Waals surface area (Å²) in [7, 11) is 1.38. The number of allylic oxidation sites excluding steroid dienone is 1. The Morgan fingerprint density at radius 1 is 1.09 bits per heavy atom. The number of nitrogens with one attached hydrogen (secondary N) is 2. The van der Waals surface area contributed by atoms with Crippen LogP contribution in [0.5, 0.6) is 0 Å². The Morgan fingerprint density at radius 3 is 2.36 bits per heavy atom. The van der Waals surface area contributed by atoms with Crippen LogP contribution in [0.4, 0.5) is 10.1 Å². The fourth-order valence-corrected chi connectivity index (χ4v) is 3.27. The number of hydrogen-bond donors (Lipinski definition) is 4. The van der Waals surface area contributed by atoms with E-state index in [2.05, 4.69) is 10.3 Å². The van der Waals surface area contributed by atoms with Gasteiger partial charge in [-0.15, -0.1) is 0 Å². The smallest absolute Gasteiger partial charge is 0.337 e. The zero-order valence-electron chi connectivity index (χ0n) is 18.2. The van der Waals surface area contributed by atoms with Crippen molar-refractivity contribution in [3.8, 4) is 0 Å². The topological polar surface area (TPSA) is 140 Å². The van der Waals surface area contributed by atoms with Crippen molar-refractivity contribution < 1.29 is 29.0 Å². The monoisotopic (exact) mass is 453 g/mol. The number of carboxylic acid groups (broad SMARTS) is 2. The molecule has 0 saturated carbocycles. The first-order chi connectivity index (χ1) is 15.7. The summed E-state index contributed by atoms with van der Waals surface area (Å²) in [6, 6.07) is 7.17. The lowest BCUT2D eigenvalue weighted by molar-refractivity contribution is -0.110. The number of carbonyl (C=O) groups excluding carboxylic acids is 1. The summed E-state index contributed by atoms with van der Waals surface area (Å²) >= 11 is 0. The summed E-state index contributed by atoms with van der Waals surface area (Å²) in [6.45, 7) is 1.71. The van der Waals surface area contributed by atoms with Crippen molar-refractivity contribution in [1.29, 1.82) is 5.41 Å². The highest BCUT2D eigenvalue weighted by atomic mass is 19.1. The molecule has 0 heterocycles. The van der Waals surface area contributed by atoms with E-state index in [1.165, 1.54) is 31.3 Å². The molecule has 0 aromatic heterocycles. The van der Waals surface area contributed by atoms with E-state index in [-0.39, 0.29) is 28.9 Å². The molecule has 0 atom stereocenters. The van der Waals surface area contributed by atoms with Crippen molar-refractivity contribution in [3.05, 3.63) is 76.1 Å².